The van der Waals surface area contributed by atoms with Crippen LogP contribution in [-0.2, 0) is 10.0 Å². The third-order valence-electron chi connectivity index (χ3n) is 2.93. The lowest BCUT2D eigenvalue weighted by Crippen LogP contribution is -2.13. The van der Waals surface area contributed by atoms with Crippen molar-refractivity contribution >= 4 is 15.7 Å². The largest absolute Gasteiger partial charge is 0.279 e. The molecule has 0 fully saturated rings. The second-order valence-electron chi connectivity index (χ2n) is 4.56. The Kier molecular flexibility index (Phi) is 3.77. The number of sulfonamides is 1. The molecule has 0 aliphatic carbocycles. The molecule has 2 aromatic rings. The fourth-order valence-corrected chi connectivity index (χ4v) is 2.88. The molecular formula is C15H14N2O2S. The SMILES string of the molecule is Cc1ccc(C)c(NS(=O)(=O)c2ccc(C#N)cc2)c1. The van der Waals surface area contributed by atoms with Crippen LogP contribution in [0.5, 0.6) is 0 Å². The van der Waals surface area contributed by atoms with Gasteiger partial charge in [0, 0.05) is 0 Å². The van der Waals surface area contributed by atoms with Crippen LogP contribution in [0.25, 0.3) is 0 Å². The van der Waals surface area contributed by atoms with E-state index in [1.807, 2.05) is 32.0 Å². The van der Waals surface area contributed by atoms with Gasteiger partial charge in [0.15, 0.2) is 0 Å². The molecule has 0 aromatic heterocycles. The van der Waals surface area contributed by atoms with Gasteiger partial charge >= 0.3 is 0 Å². The Hall–Kier alpha value is -2.32. The first-order valence-electron chi connectivity index (χ1n) is 6.02. The van der Waals surface area contributed by atoms with Gasteiger partial charge in [-0.25, -0.2) is 8.42 Å². The van der Waals surface area contributed by atoms with E-state index < -0.39 is 10.0 Å². The molecule has 0 aliphatic rings. The lowest BCUT2D eigenvalue weighted by Gasteiger charge is -2.11. The summed E-state index contributed by atoms with van der Waals surface area (Å²) < 4.78 is 27.1. The Balaban J connectivity index is 2.35. The van der Waals surface area contributed by atoms with E-state index in [4.69, 9.17) is 5.26 Å². The highest BCUT2D eigenvalue weighted by Crippen LogP contribution is 2.21. The van der Waals surface area contributed by atoms with E-state index >= 15 is 0 Å². The molecule has 0 unspecified atom stereocenters. The molecule has 0 spiro atoms. The van der Waals surface area contributed by atoms with Crippen molar-refractivity contribution in [2.24, 2.45) is 0 Å². The van der Waals surface area contributed by atoms with E-state index in [0.717, 1.165) is 11.1 Å². The number of hydrogen-bond acceptors (Lipinski definition) is 3. The molecule has 2 aromatic carbocycles. The smallest absolute Gasteiger partial charge is 0.261 e. The average Bonchev–Trinajstić information content (AvgIpc) is 2.43. The van der Waals surface area contributed by atoms with E-state index in [1.165, 1.54) is 24.3 Å². The van der Waals surface area contributed by atoms with E-state index in [1.54, 1.807) is 6.07 Å². The zero-order chi connectivity index (χ0) is 14.8. The standard InChI is InChI=1S/C15H14N2O2S/c1-11-3-4-12(2)15(9-11)17-20(18,19)14-7-5-13(10-16)6-8-14/h3-9,17H,1-2H3. The topological polar surface area (TPSA) is 70.0 Å². The zero-order valence-electron chi connectivity index (χ0n) is 11.2. The Morgan fingerprint density at radius 3 is 2.30 bits per heavy atom. The third-order valence-corrected chi connectivity index (χ3v) is 4.31. The van der Waals surface area contributed by atoms with E-state index in [9.17, 15) is 8.42 Å². The molecule has 0 saturated carbocycles. The first-order valence-corrected chi connectivity index (χ1v) is 7.51. The molecule has 4 nitrogen and oxygen atoms in total. The highest BCUT2D eigenvalue weighted by atomic mass is 32.2. The quantitative estimate of drug-likeness (QED) is 0.943. The van der Waals surface area contributed by atoms with Crippen LogP contribution in [0.2, 0.25) is 0 Å². The van der Waals surface area contributed by atoms with Gasteiger partial charge in [-0.3, -0.25) is 4.72 Å². The van der Waals surface area contributed by atoms with Gasteiger partial charge in [0.25, 0.3) is 10.0 Å². The Morgan fingerprint density at radius 2 is 1.70 bits per heavy atom. The predicted octanol–water partition coefficient (Wildman–Crippen LogP) is 2.98. The molecule has 102 valence electrons. The summed E-state index contributed by atoms with van der Waals surface area (Å²) in [5, 5.41) is 8.72. The maximum absolute atomic E-state index is 12.3. The van der Waals surface area contributed by atoms with Crippen molar-refractivity contribution in [3.05, 3.63) is 59.2 Å². The number of anilines is 1. The van der Waals surface area contributed by atoms with Crippen LogP contribution in [0.3, 0.4) is 0 Å². The van der Waals surface area contributed by atoms with Crippen LogP contribution < -0.4 is 4.72 Å². The van der Waals surface area contributed by atoms with Gasteiger partial charge in [-0.1, -0.05) is 12.1 Å². The number of rotatable bonds is 3. The summed E-state index contributed by atoms with van der Waals surface area (Å²) in [5.74, 6) is 0. The van der Waals surface area contributed by atoms with Gasteiger partial charge in [0.05, 0.1) is 22.2 Å². The van der Waals surface area contributed by atoms with Gasteiger partial charge in [-0.2, -0.15) is 5.26 Å². The molecule has 0 amide bonds. The minimum absolute atomic E-state index is 0.136. The predicted molar refractivity (Wildman–Crippen MR) is 77.9 cm³/mol. The van der Waals surface area contributed by atoms with Gasteiger partial charge < -0.3 is 0 Å². The summed E-state index contributed by atoms with van der Waals surface area (Å²) in [6.07, 6.45) is 0. The number of nitrogens with zero attached hydrogens (tertiary/aromatic N) is 1. The number of benzene rings is 2. The minimum atomic E-state index is -3.64. The fourth-order valence-electron chi connectivity index (χ4n) is 1.76. The maximum Gasteiger partial charge on any atom is 0.261 e. The maximum atomic E-state index is 12.3. The minimum Gasteiger partial charge on any atom is -0.279 e. The Labute approximate surface area is 118 Å². The summed E-state index contributed by atoms with van der Waals surface area (Å²) in [6.45, 7) is 3.75. The average molecular weight is 286 g/mol. The molecular weight excluding hydrogens is 272 g/mol. The number of aryl methyl sites for hydroxylation is 2. The summed E-state index contributed by atoms with van der Waals surface area (Å²) in [4.78, 5) is 0.136. The zero-order valence-corrected chi connectivity index (χ0v) is 12.0. The summed E-state index contributed by atoms with van der Waals surface area (Å²) in [5.41, 5.74) is 2.82. The fraction of sp³-hybridized carbons (Fsp3) is 0.133. The highest BCUT2D eigenvalue weighted by molar-refractivity contribution is 7.92. The van der Waals surface area contributed by atoms with Crippen LogP contribution in [-0.4, -0.2) is 8.42 Å². The lowest BCUT2D eigenvalue weighted by atomic mass is 10.1. The molecule has 1 N–H and O–H groups in total. The molecule has 0 aliphatic heterocycles. The van der Waals surface area contributed by atoms with Crippen LogP contribution in [0.15, 0.2) is 47.4 Å². The van der Waals surface area contributed by atoms with Crippen molar-refractivity contribution in [2.45, 2.75) is 18.7 Å². The lowest BCUT2D eigenvalue weighted by molar-refractivity contribution is 0.601. The van der Waals surface area contributed by atoms with E-state index in [2.05, 4.69) is 4.72 Å². The van der Waals surface area contributed by atoms with Crippen LogP contribution in [0.4, 0.5) is 5.69 Å². The molecule has 0 bridgehead atoms. The van der Waals surface area contributed by atoms with Crippen molar-refractivity contribution in [1.29, 1.82) is 5.26 Å². The number of nitrogens with one attached hydrogen (secondary N) is 1. The molecule has 20 heavy (non-hydrogen) atoms. The number of hydrogen-bond donors (Lipinski definition) is 1. The monoisotopic (exact) mass is 286 g/mol. The normalized spacial score (nSPS) is 10.8. The van der Waals surface area contributed by atoms with Gasteiger partial charge in [0.1, 0.15) is 0 Å². The second-order valence-corrected chi connectivity index (χ2v) is 6.24. The van der Waals surface area contributed by atoms with Crippen molar-refractivity contribution in [2.75, 3.05) is 4.72 Å². The van der Waals surface area contributed by atoms with E-state index in [-0.39, 0.29) is 4.90 Å². The molecule has 5 heteroatoms. The second kappa shape index (κ2) is 5.35. The van der Waals surface area contributed by atoms with Crippen LogP contribution in [0, 0.1) is 25.2 Å². The van der Waals surface area contributed by atoms with Crippen LogP contribution >= 0.6 is 0 Å². The Morgan fingerprint density at radius 1 is 1.05 bits per heavy atom. The summed E-state index contributed by atoms with van der Waals surface area (Å²) >= 11 is 0. The van der Waals surface area contributed by atoms with Gasteiger partial charge in [-0.15, -0.1) is 0 Å². The molecule has 0 saturated heterocycles. The first kappa shape index (κ1) is 14.1. The highest BCUT2D eigenvalue weighted by Gasteiger charge is 2.15. The van der Waals surface area contributed by atoms with Gasteiger partial charge in [-0.05, 0) is 55.3 Å². The van der Waals surface area contributed by atoms with Crippen molar-refractivity contribution < 1.29 is 8.42 Å². The molecule has 0 heterocycles. The van der Waals surface area contributed by atoms with Gasteiger partial charge in [0.2, 0.25) is 0 Å². The summed E-state index contributed by atoms with van der Waals surface area (Å²) in [7, 11) is -3.64. The molecule has 0 radical (unpaired) electrons. The third kappa shape index (κ3) is 2.98. The van der Waals surface area contributed by atoms with Crippen molar-refractivity contribution in [3.63, 3.8) is 0 Å². The Bertz CT molecular complexity index is 773. The first-order chi connectivity index (χ1) is 9.42. The molecule has 2 rings (SSSR count). The van der Waals surface area contributed by atoms with Crippen molar-refractivity contribution in [3.8, 4) is 6.07 Å². The molecule has 0 atom stereocenters. The van der Waals surface area contributed by atoms with Crippen LogP contribution in [0.1, 0.15) is 16.7 Å². The number of nitriles is 1. The van der Waals surface area contributed by atoms with Crippen molar-refractivity contribution in [1.82, 2.24) is 0 Å². The van der Waals surface area contributed by atoms with E-state index in [0.29, 0.717) is 11.3 Å². The summed E-state index contributed by atoms with van der Waals surface area (Å²) in [6, 6.07) is 13.4.